The van der Waals surface area contributed by atoms with Gasteiger partial charge in [0, 0.05) is 0 Å². The number of carbonyl (C=O) groups excluding carboxylic acids is 1. The van der Waals surface area contributed by atoms with Gasteiger partial charge in [0.1, 0.15) is 11.6 Å². The van der Waals surface area contributed by atoms with Crippen molar-refractivity contribution in [3.63, 3.8) is 0 Å². The molecule has 0 rings (SSSR count). The number of ether oxygens (including phenoxy) is 1. The van der Waals surface area contributed by atoms with Gasteiger partial charge in [-0.2, -0.15) is 13.2 Å². The third kappa shape index (κ3) is 13.0. The highest BCUT2D eigenvalue weighted by molar-refractivity contribution is 5.80. The first kappa shape index (κ1) is 23.0. The Bertz CT molecular complexity index is 483. The van der Waals surface area contributed by atoms with Gasteiger partial charge < -0.3 is 20.9 Å². The van der Waals surface area contributed by atoms with Gasteiger partial charge >= 0.3 is 18.2 Å². The molecular weight excluding hydrogens is 343 g/mol. The highest BCUT2D eigenvalue weighted by Gasteiger charge is 2.32. The topological polar surface area (TPSA) is 114 Å². The lowest BCUT2D eigenvalue weighted by molar-refractivity contribution is -0.141. The number of hydrogen-bond acceptors (Lipinski definition) is 4. The predicted molar refractivity (Wildman–Crippen MR) is 86.4 cm³/mol. The standard InChI is InChI=1S/C15H26F3N3O4/c1-9(19)20-10(8-15(16,17)18)6-5-7-11(12(22)23)21-13(24)25-14(2,3)4/h10-11H,5-8H2,1-4H3,(H2,19,20)(H,21,24)(H,22,23)/t10?,11-/m0/s1. The number of carboxylic acids is 1. The lowest BCUT2D eigenvalue weighted by Crippen LogP contribution is -2.43. The summed E-state index contributed by atoms with van der Waals surface area (Å²) in [5.41, 5.74) is 4.54. The van der Waals surface area contributed by atoms with Crippen LogP contribution in [0.5, 0.6) is 0 Å². The van der Waals surface area contributed by atoms with Gasteiger partial charge in [0.2, 0.25) is 0 Å². The Morgan fingerprint density at radius 1 is 1.24 bits per heavy atom. The molecule has 0 aliphatic heterocycles. The van der Waals surface area contributed by atoms with Gasteiger partial charge in [0.05, 0.1) is 18.3 Å². The fourth-order valence-corrected chi connectivity index (χ4v) is 2.03. The second kappa shape index (κ2) is 9.47. The first-order chi connectivity index (χ1) is 11.2. The predicted octanol–water partition coefficient (Wildman–Crippen LogP) is 2.83. The van der Waals surface area contributed by atoms with Crippen LogP contribution in [0.1, 0.15) is 53.4 Å². The number of halogens is 3. The smallest absolute Gasteiger partial charge is 0.408 e. The van der Waals surface area contributed by atoms with Crippen LogP contribution in [0.4, 0.5) is 18.0 Å². The van der Waals surface area contributed by atoms with Crippen LogP contribution in [-0.2, 0) is 9.53 Å². The average Bonchev–Trinajstić information content (AvgIpc) is 2.31. The van der Waals surface area contributed by atoms with Gasteiger partial charge in [-0.3, -0.25) is 4.99 Å². The number of carbonyl (C=O) groups is 2. The summed E-state index contributed by atoms with van der Waals surface area (Å²) in [5, 5.41) is 11.3. The molecule has 0 heterocycles. The minimum absolute atomic E-state index is 0.00612. The van der Waals surface area contributed by atoms with Crippen molar-refractivity contribution in [3.05, 3.63) is 0 Å². The zero-order valence-corrected chi connectivity index (χ0v) is 14.8. The summed E-state index contributed by atoms with van der Waals surface area (Å²) >= 11 is 0. The molecule has 1 amide bonds. The van der Waals surface area contributed by atoms with Crippen molar-refractivity contribution in [1.82, 2.24) is 5.32 Å². The second-order valence-corrected chi connectivity index (χ2v) is 6.71. The number of hydrogen-bond donors (Lipinski definition) is 3. The zero-order chi connectivity index (χ0) is 19.8. The molecule has 0 aliphatic carbocycles. The van der Waals surface area contributed by atoms with Crippen molar-refractivity contribution in [2.75, 3.05) is 0 Å². The van der Waals surface area contributed by atoms with E-state index < -0.39 is 42.3 Å². The van der Waals surface area contributed by atoms with Gasteiger partial charge in [-0.15, -0.1) is 0 Å². The van der Waals surface area contributed by atoms with E-state index in [4.69, 9.17) is 15.6 Å². The van der Waals surface area contributed by atoms with Crippen LogP contribution in [-0.4, -0.2) is 46.9 Å². The van der Waals surface area contributed by atoms with Gasteiger partial charge in [-0.1, -0.05) is 0 Å². The van der Waals surface area contributed by atoms with E-state index in [0.717, 1.165) is 0 Å². The number of alkyl halides is 3. The molecule has 25 heavy (non-hydrogen) atoms. The summed E-state index contributed by atoms with van der Waals surface area (Å²) in [7, 11) is 0. The van der Waals surface area contributed by atoms with Crippen LogP contribution < -0.4 is 11.1 Å². The molecule has 0 aromatic heterocycles. The van der Waals surface area contributed by atoms with Crippen LogP contribution in [0.3, 0.4) is 0 Å². The first-order valence-corrected chi connectivity index (χ1v) is 7.78. The van der Waals surface area contributed by atoms with Crippen LogP contribution in [0.15, 0.2) is 4.99 Å². The fraction of sp³-hybridized carbons (Fsp3) is 0.800. The van der Waals surface area contributed by atoms with E-state index in [1.54, 1.807) is 20.8 Å². The van der Waals surface area contributed by atoms with Gasteiger partial charge in [-0.25, -0.2) is 9.59 Å². The van der Waals surface area contributed by atoms with Crippen molar-refractivity contribution >= 4 is 17.9 Å². The van der Waals surface area contributed by atoms with E-state index >= 15 is 0 Å². The number of nitrogens with zero attached hydrogens (tertiary/aromatic N) is 1. The van der Waals surface area contributed by atoms with Crippen LogP contribution in [0, 0.1) is 0 Å². The lowest BCUT2D eigenvalue weighted by Gasteiger charge is -2.22. The summed E-state index contributed by atoms with van der Waals surface area (Å²) in [4.78, 5) is 26.5. The Morgan fingerprint density at radius 3 is 2.20 bits per heavy atom. The van der Waals surface area contributed by atoms with Crippen molar-refractivity contribution in [2.45, 2.75) is 77.2 Å². The zero-order valence-electron chi connectivity index (χ0n) is 14.8. The number of aliphatic carboxylic acids is 1. The summed E-state index contributed by atoms with van der Waals surface area (Å²) in [6.45, 7) is 6.25. The molecule has 0 aromatic carbocycles. The molecule has 0 saturated carbocycles. The fourth-order valence-electron chi connectivity index (χ4n) is 2.03. The molecule has 7 nitrogen and oxygen atoms in total. The van der Waals surface area contributed by atoms with Crippen LogP contribution in [0.25, 0.3) is 0 Å². The summed E-state index contributed by atoms with van der Waals surface area (Å²) in [6.07, 6.45) is -6.38. The molecule has 2 atom stereocenters. The monoisotopic (exact) mass is 369 g/mol. The van der Waals surface area contributed by atoms with Crippen molar-refractivity contribution in [3.8, 4) is 0 Å². The van der Waals surface area contributed by atoms with Crippen molar-refractivity contribution in [2.24, 2.45) is 10.7 Å². The van der Waals surface area contributed by atoms with Crippen LogP contribution in [0.2, 0.25) is 0 Å². The average molecular weight is 369 g/mol. The molecule has 0 bridgehead atoms. The molecule has 0 saturated heterocycles. The number of aliphatic imine (C=N–C) groups is 1. The Hall–Kier alpha value is -2.00. The minimum atomic E-state index is -4.40. The maximum atomic E-state index is 12.5. The summed E-state index contributed by atoms with van der Waals surface area (Å²) < 4.78 is 42.5. The van der Waals surface area contributed by atoms with E-state index in [9.17, 15) is 22.8 Å². The third-order valence-corrected chi connectivity index (χ3v) is 2.87. The molecule has 1 unspecified atom stereocenters. The Morgan fingerprint density at radius 2 is 1.80 bits per heavy atom. The molecule has 4 N–H and O–H groups in total. The first-order valence-electron chi connectivity index (χ1n) is 7.78. The third-order valence-electron chi connectivity index (χ3n) is 2.87. The van der Waals surface area contributed by atoms with E-state index in [0.29, 0.717) is 0 Å². The molecule has 146 valence electrons. The highest BCUT2D eigenvalue weighted by Crippen LogP contribution is 2.25. The molecule has 0 aromatic rings. The number of rotatable bonds is 8. The number of nitrogens with one attached hydrogen (secondary N) is 1. The van der Waals surface area contributed by atoms with E-state index in [2.05, 4.69) is 10.3 Å². The van der Waals surface area contributed by atoms with Gasteiger partial charge in [0.15, 0.2) is 0 Å². The minimum Gasteiger partial charge on any atom is -0.480 e. The summed E-state index contributed by atoms with van der Waals surface area (Å²) in [5.74, 6) is -1.27. The maximum absolute atomic E-state index is 12.5. The van der Waals surface area contributed by atoms with E-state index in [-0.39, 0.29) is 25.1 Å². The van der Waals surface area contributed by atoms with Crippen LogP contribution >= 0.6 is 0 Å². The largest absolute Gasteiger partial charge is 0.480 e. The Labute approximate surface area is 144 Å². The molecular formula is C15H26F3N3O4. The number of amides is 1. The van der Waals surface area contributed by atoms with Crippen molar-refractivity contribution < 1.29 is 32.6 Å². The number of alkyl carbamates (subject to hydrolysis) is 1. The van der Waals surface area contributed by atoms with E-state index in [1.807, 2.05) is 0 Å². The number of amidine groups is 1. The molecule has 10 heteroatoms. The van der Waals surface area contributed by atoms with Gasteiger partial charge in [0.25, 0.3) is 0 Å². The maximum Gasteiger partial charge on any atom is 0.408 e. The Kier molecular flexibility index (Phi) is 8.72. The highest BCUT2D eigenvalue weighted by atomic mass is 19.4. The molecule has 0 aliphatic rings. The number of carboxylic acid groups (broad SMARTS) is 1. The quantitative estimate of drug-likeness (QED) is 0.450. The SMILES string of the molecule is CC(N)=NC(CCC[C@H](NC(=O)OC(C)(C)C)C(=O)O)CC(F)(F)F. The van der Waals surface area contributed by atoms with Crippen molar-refractivity contribution in [1.29, 1.82) is 0 Å². The van der Waals surface area contributed by atoms with E-state index in [1.165, 1.54) is 6.92 Å². The molecule has 0 spiro atoms. The Balaban J connectivity index is 4.66. The number of nitrogens with two attached hydrogens (primary N) is 1. The molecule has 0 fully saturated rings. The van der Waals surface area contributed by atoms with Gasteiger partial charge in [-0.05, 0) is 47.0 Å². The summed E-state index contributed by atoms with van der Waals surface area (Å²) in [6, 6.07) is -2.34. The lowest BCUT2D eigenvalue weighted by atomic mass is 10.0. The second-order valence-electron chi connectivity index (χ2n) is 6.71. The molecule has 0 radical (unpaired) electrons. The normalized spacial score (nSPS) is 15.4.